The number of Topliss-reactive ketones (excluding diaryl/α,β-unsaturated/α-hetero) is 1. The molecule has 0 aliphatic rings. The molecule has 1 amide bonds. The zero-order valence-corrected chi connectivity index (χ0v) is 10.3. The van der Waals surface area contributed by atoms with E-state index in [4.69, 9.17) is 4.74 Å². The lowest BCUT2D eigenvalue weighted by molar-refractivity contribution is -0.120. The van der Waals surface area contributed by atoms with Crippen LogP contribution in [0.4, 0.5) is 0 Å². The molecule has 0 radical (unpaired) electrons. The van der Waals surface area contributed by atoms with E-state index in [0.29, 0.717) is 17.7 Å². The first-order chi connectivity index (χ1) is 8.10. The highest BCUT2D eigenvalue weighted by Crippen LogP contribution is 2.17. The van der Waals surface area contributed by atoms with Crippen LogP contribution in [-0.2, 0) is 4.79 Å². The van der Waals surface area contributed by atoms with E-state index < -0.39 is 6.04 Å². The van der Waals surface area contributed by atoms with E-state index in [2.05, 4.69) is 5.32 Å². The van der Waals surface area contributed by atoms with Crippen molar-refractivity contribution < 1.29 is 14.3 Å². The van der Waals surface area contributed by atoms with Gasteiger partial charge in [0.25, 0.3) is 5.91 Å². The van der Waals surface area contributed by atoms with Crippen LogP contribution in [0.25, 0.3) is 0 Å². The van der Waals surface area contributed by atoms with Gasteiger partial charge in [-0.3, -0.25) is 9.59 Å². The minimum absolute atomic E-state index is 0.00764. The van der Waals surface area contributed by atoms with Gasteiger partial charge in [-0.2, -0.15) is 0 Å². The van der Waals surface area contributed by atoms with Crippen molar-refractivity contribution in [3.8, 4) is 5.75 Å². The number of nitrogens with one attached hydrogen (secondary N) is 1. The molecule has 0 aromatic heterocycles. The number of methoxy groups -OCH3 is 1. The van der Waals surface area contributed by atoms with Crippen LogP contribution < -0.4 is 10.1 Å². The van der Waals surface area contributed by atoms with Crippen LogP contribution in [-0.4, -0.2) is 24.8 Å². The van der Waals surface area contributed by atoms with Gasteiger partial charge in [0.2, 0.25) is 0 Å². The number of benzene rings is 1. The number of rotatable bonds is 5. The fraction of sp³-hybridized carbons (Fsp3) is 0.385. The van der Waals surface area contributed by atoms with E-state index in [9.17, 15) is 9.59 Å². The average molecular weight is 235 g/mol. The molecule has 0 bridgehead atoms. The monoisotopic (exact) mass is 235 g/mol. The Labute approximate surface area is 101 Å². The van der Waals surface area contributed by atoms with Crippen LogP contribution in [0.2, 0.25) is 0 Å². The average Bonchev–Trinajstić information content (AvgIpc) is 2.37. The van der Waals surface area contributed by atoms with E-state index in [1.165, 1.54) is 7.11 Å². The third kappa shape index (κ3) is 3.31. The minimum Gasteiger partial charge on any atom is -0.496 e. The summed E-state index contributed by atoms with van der Waals surface area (Å²) in [6.45, 7) is 3.45. The highest BCUT2D eigenvalue weighted by atomic mass is 16.5. The van der Waals surface area contributed by atoms with Crippen molar-refractivity contribution >= 4 is 11.7 Å². The molecular weight excluding hydrogens is 218 g/mol. The Morgan fingerprint density at radius 1 is 1.35 bits per heavy atom. The van der Waals surface area contributed by atoms with Crippen LogP contribution in [0.5, 0.6) is 5.75 Å². The number of para-hydroxylation sites is 1. The second kappa shape index (κ2) is 6.03. The highest BCUT2D eigenvalue weighted by molar-refractivity contribution is 5.99. The van der Waals surface area contributed by atoms with E-state index in [0.717, 1.165) is 0 Å². The molecule has 1 N–H and O–H groups in total. The number of amides is 1. The van der Waals surface area contributed by atoms with Gasteiger partial charge in [-0.15, -0.1) is 0 Å². The van der Waals surface area contributed by atoms with Crippen molar-refractivity contribution in [1.82, 2.24) is 5.32 Å². The highest BCUT2D eigenvalue weighted by Gasteiger charge is 2.17. The maximum absolute atomic E-state index is 11.9. The third-order valence-electron chi connectivity index (χ3n) is 2.53. The summed E-state index contributed by atoms with van der Waals surface area (Å²) < 4.78 is 5.09. The molecule has 0 saturated carbocycles. The minimum atomic E-state index is -0.475. The molecule has 0 saturated heterocycles. The number of hydrogen-bond donors (Lipinski definition) is 1. The molecule has 0 fully saturated rings. The first-order valence-electron chi connectivity index (χ1n) is 5.56. The zero-order chi connectivity index (χ0) is 12.8. The van der Waals surface area contributed by atoms with E-state index in [-0.39, 0.29) is 11.7 Å². The summed E-state index contributed by atoms with van der Waals surface area (Å²) >= 11 is 0. The molecule has 4 nitrogen and oxygen atoms in total. The van der Waals surface area contributed by atoms with E-state index in [1.54, 1.807) is 38.1 Å². The molecule has 1 unspecified atom stereocenters. The molecule has 0 aliphatic carbocycles. The molecule has 4 heteroatoms. The Hall–Kier alpha value is -1.84. The van der Waals surface area contributed by atoms with Crippen molar-refractivity contribution in [2.75, 3.05) is 7.11 Å². The van der Waals surface area contributed by atoms with Crippen molar-refractivity contribution in [2.45, 2.75) is 26.3 Å². The number of carbonyl (C=O) groups is 2. The maximum Gasteiger partial charge on any atom is 0.255 e. The Morgan fingerprint density at radius 3 is 2.59 bits per heavy atom. The van der Waals surface area contributed by atoms with Gasteiger partial charge in [-0.05, 0) is 19.1 Å². The summed E-state index contributed by atoms with van der Waals surface area (Å²) in [5.41, 5.74) is 0.436. The lowest BCUT2D eigenvalue weighted by Crippen LogP contribution is -2.38. The number of ether oxygens (including phenoxy) is 1. The topological polar surface area (TPSA) is 55.4 Å². The fourth-order valence-electron chi connectivity index (χ4n) is 1.49. The maximum atomic E-state index is 11.9. The molecule has 0 spiro atoms. The predicted octanol–water partition coefficient (Wildman–Crippen LogP) is 1.79. The van der Waals surface area contributed by atoms with Crippen LogP contribution in [0.1, 0.15) is 30.6 Å². The van der Waals surface area contributed by atoms with Crippen LogP contribution >= 0.6 is 0 Å². The third-order valence-corrected chi connectivity index (χ3v) is 2.53. The Bertz CT molecular complexity index is 415. The largest absolute Gasteiger partial charge is 0.496 e. The summed E-state index contributed by atoms with van der Waals surface area (Å²) in [5.74, 6) is 0.214. The Morgan fingerprint density at radius 2 is 2.00 bits per heavy atom. The molecular formula is C13H17NO3. The molecule has 1 aromatic rings. The zero-order valence-electron chi connectivity index (χ0n) is 10.3. The molecule has 92 valence electrons. The van der Waals surface area contributed by atoms with Crippen LogP contribution in [0.3, 0.4) is 0 Å². The van der Waals surface area contributed by atoms with Crippen molar-refractivity contribution in [3.63, 3.8) is 0 Å². The smallest absolute Gasteiger partial charge is 0.255 e. The molecule has 1 rings (SSSR count). The standard InChI is InChI=1S/C13H17NO3/c1-4-11(15)9(2)14-13(16)10-7-5-6-8-12(10)17-3/h5-9H,4H2,1-3H3,(H,14,16). The Kier molecular flexibility index (Phi) is 4.69. The fourth-order valence-corrected chi connectivity index (χ4v) is 1.49. The molecule has 0 aliphatic heterocycles. The Balaban J connectivity index is 2.79. The first-order valence-corrected chi connectivity index (χ1v) is 5.56. The van der Waals surface area contributed by atoms with Gasteiger partial charge in [0, 0.05) is 6.42 Å². The van der Waals surface area contributed by atoms with Crippen molar-refractivity contribution in [1.29, 1.82) is 0 Å². The van der Waals surface area contributed by atoms with Gasteiger partial charge in [-0.25, -0.2) is 0 Å². The van der Waals surface area contributed by atoms with E-state index >= 15 is 0 Å². The van der Waals surface area contributed by atoms with Gasteiger partial charge in [0.05, 0.1) is 18.7 Å². The van der Waals surface area contributed by atoms with Crippen LogP contribution in [0.15, 0.2) is 24.3 Å². The summed E-state index contributed by atoms with van der Waals surface area (Å²) in [5, 5.41) is 2.65. The summed E-state index contributed by atoms with van der Waals surface area (Å²) in [7, 11) is 1.51. The predicted molar refractivity (Wildman–Crippen MR) is 65.2 cm³/mol. The SMILES string of the molecule is CCC(=O)C(C)NC(=O)c1ccccc1OC. The first kappa shape index (κ1) is 13.2. The lowest BCUT2D eigenvalue weighted by atomic mass is 10.1. The summed E-state index contributed by atoms with van der Waals surface area (Å²) in [6, 6.07) is 6.44. The van der Waals surface area contributed by atoms with Crippen molar-refractivity contribution in [2.24, 2.45) is 0 Å². The van der Waals surface area contributed by atoms with Gasteiger partial charge in [0.15, 0.2) is 5.78 Å². The molecule has 1 aromatic carbocycles. The number of hydrogen-bond acceptors (Lipinski definition) is 3. The number of ketones is 1. The van der Waals surface area contributed by atoms with E-state index in [1.807, 2.05) is 0 Å². The van der Waals surface area contributed by atoms with Gasteiger partial charge < -0.3 is 10.1 Å². The second-order valence-electron chi connectivity index (χ2n) is 3.72. The molecule has 17 heavy (non-hydrogen) atoms. The van der Waals surface area contributed by atoms with Crippen LogP contribution in [0, 0.1) is 0 Å². The summed E-state index contributed by atoms with van der Waals surface area (Å²) in [4.78, 5) is 23.3. The van der Waals surface area contributed by atoms with Gasteiger partial charge in [0.1, 0.15) is 5.75 Å². The molecule has 1 atom stereocenters. The normalized spacial score (nSPS) is 11.7. The molecule has 0 heterocycles. The number of carbonyl (C=O) groups excluding carboxylic acids is 2. The summed E-state index contributed by atoms with van der Waals surface area (Å²) in [6.07, 6.45) is 0.410. The van der Waals surface area contributed by atoms with Crippen molar-refractivity contribution in [3.05, 3.63) is 29.8 Å². The lowest BCUT2D eigenvalue weighted by Gasteiger charge is -2.13. The quantitative estimate of drug-likeness (QED) is 0.846. The van der Waals surface area contributed by atoms with Gasteiger partial charge >= 0.3 is 0 Å². The van der Waals surface area contributed by atoms with Gasteiger partial charge in [-0.1, -0.05) is 19.1 Å². The second-order valence-corrected chi connectivity index (χ2v) is 3.72.